The van der Waals surface area contributed by atoms with E-state index in [1.54, 1.807) is 0 Å². The van der Waals surface area contributed by atoms with Gasteiger partial charge in [-0.1, -0.05) is 11.6 Å². The van der Waals surface area contributed by atoms with E-state index < -0.39 is 9.84 Å². The molecule has 0 unspecified atom stereocenters. The SMILES string of the molecule is O=S(=O)(CCOC1CC1)c1ccc(Cl)cn1. The van der Waals surface area contributed by atoms with Gasteiger partial charge in [-0.05, 0) is 25.0 Å². The van der Waals surface area contributed by atoms with Crippen molar-refractivity contribution >= 4 is 21.4 Å². The highest BCUT2D eigenvalue weighted by Crippen LogP contribution is 2.23. The molecule has 6 heteroatoms. The topological polar surface area (TPSA) is 56.3 Å². The first-order chi connectivity index (χ1) is 7.58. The maximum atomic E-state index is 11.8. The summed E-state index contributed by atoms with van der Waals surface area (Å²) in [5, 5.41) is 0.476. The molecular weight excluding hydrogens is 250 g/mol. The molecule has 1 aromatic rings. The molecule has 2 rings (SSSR count). The molecule has 1 fully saturated rings. The number of rotatable bonds is 5. The summed E-state index contributed by atoms with van der Waals surface area (Å²) in [5.41, 5.74) is 0. The van der Waals surface area contributed by atoms with Crippen molar-refractivity contribution < 1.29 is 13.2 Å². The summed E-state index contributed by atoms with van der Waals surface area (Å²) >= 11 is 5.63. The van der Waals surface area contributed by atoms with Crippen LogP contribution in [0.15, 0.2) is 23.4 Å². The lowest BCUT2D eigenvalue weighted by molar-refractivity contribution is 0.134. The molecule has 1 saturated carbocycles. The van der Waals surface area contributed by atoms with Gasteiger partial charge in [0, 0.05) is 6.20 Å². The maximum Gasteiger partial charge on any atom is 0.197 e. The number of hydrogen-bond donors (Lipinski definition) is 0. The second-order valence-corrected chi connectivity index (χ2v) is 6.20. The summed E-state index contributed by atoms with van der Waals surface area (Å²) in [6, 6.07) is 2.93. The summed E-state index contributed by atoms with van der Waals surface area (Å²) < 4.78 is 28.8. The fourth-order valence-electron chi connectivity index (χ4n) is 1.21. The third-order valence-corrected chi connectivity index (χ3v) is 4.06. The summed E-state index contributed by atoms with van der Waals surface area (Å²) in [5.74, 6) is -0.0296. The van der Waals surface area contributed by atoms with Crippen molar-refractivity contribution in [2.45, 2.75) is 24.0 Å². The Kier molecular flexibility index (Phi) is 3.47. The Balaban J connectivity index is 1.97. The van der Waals surface area contributed by atoms with Gasteiger partial charge >= 0.3 is 0 Å². The maximum absolute atomic E-state index is 11.8. The van der Waals surface area contributed by atoms with Crippen LogP contribution in [0.3, 0.4) is 0 Å². The molecule has 1 aromatic heterocycles. The highest BCUT2D eigenvalue weighted by Gasteiger charge is 2.23. The van der Waals surface area contributed by atoms with Crippen molar-refractivity contribution in [2.75, 3.05) is 12.4 Å². The zero-order valence-corrected chi connectivity index (χ0v) is 10.2. The van der Waals surface area contributed by atoms with Crippen molar-refractivity contribution in [3.8, 4) is 0 Å². The summed E-state index contributed by atoms with van der Waals surface area (Å²) in [6.07, 6.45) is 3.68. The third kappa shape index (κ3) is 3.17. The predicted octanol–water partition coefficient (Wildman–Crippen LogP) is 1.69. The van der Waals surface area contributed by atoms with Gasteiger partial charge in [0.05, 0.1) is 23.5 Å². The quantitative estimate of drug-likeness (QED) is 0.809. The van der Waals surface area contributed by atoms with E-state index in [0.717, 1.165) is 12.8 Å². The van der Waals surface area contributed by atoms with Crippen LogP contribution in [0.2, 0.25) is 5.02 Å². The molecule has 0 radical (unpaired) electrons. The van der Waals surface area contributed by atoms with Crippen LogP contribution in [0.25, 0.3) is 0 Å². The molecule has 1 aliphatic carbocycles. The number of aromatic nitrogens is 1. The molecule has 88 valence electrons. The lowest BCUT2D eigenvalue weighted by Crippen LogP contribution is -2.14. The van der Waals surface area contributed by atoms with E-state index in [-0.39, 0.29) is 23.5 Å². The fraction of sp³-hybridized carbons (Fsp3) is 0.500. The zero-order chi connectivity index (χ0) is 11.6. The Morgan fingerprint density at radius 1 is 1.44 bits per heavy atom. The van der Waals surface area contributed by atoms with Crippen molar-refractivity contribution in [2.24, 2.45) is 0 Å². The van der Waals surface area contributed by atoms with Gasteiger partial charge in [-0.3, -0.25) is 0 Å². The van der Waals surface area contributed by atoms with Gasteiger partial charge < -0.3 is 4.74 Å². The van der Waals surface area contributed by atoms with E-state index in [2.05, 4.69) is 4.98 Å². The number of halogens is 1. The molecule has 0 saturated heterocycles. The van der Waals surface area contributed by atoms with E-state index in [9.17, 15) is 8.42 Å². The number of sulfone groups is 1. The minimum absolute atomic E-state index is 0.0296. The minimum Gasteiger partial charge on any atom is -0.377 e. The highest BCUT2D eigenvalue weighted by atomic mass is 35.5. The van der Waals surface area contributed by atoms with Gasteiger partial charge in [-0.25, -0.2) is 13.4 Å². The Labute approximate surface area is 99.5 Å². The lowest BCUT2D eigenvalue weighted by atomic mass is 10.5. The Bertz CT molecular complexity index is 453. The second-order valence-electron chi connectivity index (χ2n) is 3.70. The number of hydrogen-bond acceptors (Lipinski definition) is 4. The first-order valence-electron chi connectivity index (χ1n) is 5.04. The number of nitrogens with zero attached hydrogens (tertiary/aromatic N) is 1. The van der Waals surface area contributed by atoms with Crippen molar-refractivity contribution in [1.29, 1.82) is 0 Å². The first kappa shape index (κ1) is 11.8. The van der Waals surface area contributed by atoms with Crippen LogP contribution in [0.1, 0.15) is 12.8 Å². The van der Waals surface area contributed by atoms with Crippen LogP contribution in [0, 0.1) is 0 Å². The molecule has 0 aliphatic heterocycles. The van der Waals surface area contributed by atoms with Crippen molar-refractivity contribution in [3.05, 3.63) is 23.4 Å². The molecule has 4 nitrogen and oxygen atoms in total. The lowest BCUT2D eigenvalue weighted by Gasteiger charge is -2.04. The molecule has 0 spiro atoms. The van der Waals surface area contributed by atoms with Gasteiger partial charge in [0.15, 0.2) is 14.9 Å². The number of ether oxygens (including phenoxy) is 1. The monoisotopic (exact) mass is 261 g/mol. The molecule has 0 atom stereocenters. The fourth-order valence-corrected chi connectivity index (χ4v) is 2.34. The Hall–Kier alpha value is -0.650. The predicted molar refractivity (Wildman–Crippen MR) is 60.3 cm³/mol. The molecule has 16 heavy (non-hydrogen) atoms. The van der Waals surface area contributed by atoms with Crippen LogP contribution in [0.4, 0.5) is 0 Å². The molecule has 0 amide bonds. The van der Waals surface area contributed by atoms with Crippen LogP contribution in [-0.2, 0) is 14.6 Å². The van der Waals surface area contributed by atoms with Crippen LogP contribution < -0.4 is 0 Å². The van der Waals surface area contributed by atoms with E-state index in [1.165, 1.54) is 18.3 Å². The van der Waals surface area contributed by atoms with E-state index >= 15 is 0 Å². The van der Waals surface area contributed by atoms with Crippen LogP contribution in [-0.4, -0.2) is 31.9 Å². The average molecular weight is 262 g/mol. The largest absolute Gasteiger partial charge is 0.377 e. The van der Waals surface area contributed by atoms with Gasteiger partial charge in [0.25, 0.3) is 0 Å². The summed E-state index contributed by atoms with van der Waals surface area (Å²) in [6.45, 7) is 0.233. The molecule has 1 heterocycles. The second kappa shape index (κ2) is 4.69. The molecule has 0 N–H and O–H groups in total. The number of pyridine rings is 1. The van der Waals surface area contributed by atoms with Crippen molar-refractivity contribution in [3.63, 3.8) is 0 Å². The van der Waals surface area contributed by atoms with Gasteiger partial charge in [0.2, 0.25) is 0 Å². The Morgan fingerprint density at radius 3 is 2.75 bits per heavy atom. The van der Waals surface area contributed by atoms with E-state index in [0.29, 0.717) is 5.02 Å². The van der Waals surface area contributed by atoms with Crippen LogP contribution >= 0.6 is 11.6 Å². The molecule has 0 aromatic carbocycles. The molecular formula is C10H12ClNO3S. The van der Waals surface area contributed by atoms with E-state index in [4.69, 9.17) is 16.3 Å². The molecule has 1 aliphatic rings. The summed E-state index contributed by atoms with van der Waals surface area (Å²) in [7, 11) is -3.34. The minimum atomic E-state index is -3.34. The Morgan fingerprint density at radius 2 is 2.19 bits per heavy atom. The zero-order valence-electron chi connectivity index (χ0n) is 8.60. The van der Waals surface area contributed by atoms with Gasteiger partial charge in [-0.15, -0.1) is 0 Å². The average Bonchev–Trinajstić information content (AvgIpc) is 3.02. The highest BCUT2D eigenvalue weighted by molar-refractivity contribution is 7.91. The first-order valence-corrected chi connectivity index (χ1v) is 7.07. The normalized spacial score (nSPS) is 16.3. The third-order valence-electron chi connectivity index (χ3n) is 2.25. The van der Waals surface area contributed by atoms with Crippen molar-refractivity contribution in [1.82, 2.24) is 4.98 Å². The van der Waals surface area contributed by atoms with E-state index in [1.807, 2.05) is 0 Å². The smallest absolute Gasteiger partial charge is 0.197 e. The van der Waals surface area contributed by atoms with Crippen LogP contribution in [0.5, 0.6) is 0 Å². The van der Waals surface area contributed by atoms with Gasteiger partial charge in [-0.2, -0.15) is 0 Å². The standard InChI is InChI=1S/C10H12ClNO3S/c11-8-1-4-10(12-7-8)16(13,14)6-5-15-9-2-3-9/h1,4,7,9H,2-3,5-6H2. The summed E-state index contributed by atoms with van der Waals surface area (Å²) in [4.78, 5) is 3.79. The van der Waals surface area contributed by atoms with Gasteiger partial charge in [0.1, 0.15) is 0 Å². The molecule has 0 bridgehead atoms.